The summed E-state index contributed by atoms with van der Waals surface area (Å²) in [5.74, 6) is -3.16. The van der Waals surface area contributed by atoms with E-state index in [1.165, 1.54) is 18.9 Å². The molecule has 0 spiro atoms. The van der Waals surface area contributed by atoms with Crippen molar-refractivity contribution in [1.29, 1.82) is 0 Å². The van der Waals surface area contributed by atoms with Crippen LogP contribution in [0.2, 0.25) is 0 Å². The van der Waals surface area contributed by atoms with Gasteiger partial charge in [-0.15, -0.1) is 0 Å². The Kier molecular flexibility index (Phi) is 11.2. The Hall–Kier alpha value is -3.74. The number of hydrogen-bond donors (Lipinski definition) is 7. The first-order valence-corrected chi connectivity index (χ1v) is 12.4. The van der Waals surface area contributed by atoms with Gasteiger partial charge in [0.15, 0.2) is 0 Å². The molecule has 0 fully saturated rings. The number of imidazole rings is 2. The van der Waals surface area contributed by atoms with Gasteiger partial charge in [0.1, 0.15) is 18.1 Å². The SMILES string of the molecule is CCC(C)C(NC(=O)C(N)Cc1cnc[nH]1)C(=O)NC(Cc1cnc[nH]1)C(=O)NC(CC(C)C)C(=O)O. The minimum Gasteiger partial charge on any atom is -0.480 e. The Balaban J connectivity index is 2.17. The third-order valence-electron chi connectivity index (χ3n) is 6.06. The summed E-state index contributed by atoms with van der Waals surface area (Å²) in [7, 11) is 0. The fourth-order valence-corrected chi connectivity index (χ4v) is 3.74. The predicted octanol–water partition coefficient (Wildman–Crippen LogP) is -0.123. The smallest absolute Gasteiger partial charge is 0.326 e. The largest absolute Gasteiger partial charge is 0.480 e. The lowest BCUT2D eigenvalue weighted by Gasteiger charge is -2.28. The normalized spacial score (nSPS) is 15.3. The highest BCUT2D eigenvalue weighted by Gasteiger charge is 2.33. The topological polar surface area (TPSA) is 208 Å². The molecule has 0 aliphatic carbocycles. The van der Waals surface area contributed by atoms with Gasteiger partial charge in [0.2, 0.25) is 17.7 Å². The molecule has 2 rings (SSSR count). The third-order valence-corrected chi connectivity index (χ3v) is 6.06. The molecule has 3 amide bonds. The summed E-state index contributed by atoms with van der Waals surface area (Å²) in [5.41, 5.74) is 7.29. The lowest BCUT2D eigenvalue weighted by molar-refractivity contribution is -0.142. The quantitative estimate of drug-likeness (QED) is 0.169. The number of carbonyl (C=O) groups is 4. The molecule has 2 heterocycles. The van der Waals surface area contributed by atoms with Crippen LogP contribution in [-0.4, -0.2) is 72.9 Å². The van der Waals surface area contributed by atoms with Gasteiger partial charge in [0.25, 0.3) is 0 Å². The number of amides is 3. The molecule has 13 nitrogen and oxygen atoms in total. The number of aromatic amines is 2. The number of carboxylic acids is 1. The van der Waals surface area contributed by atoms with E-state index < -0.39 is 47.9 Å². The van der Waals surface area contributed by atoms with Gasteiger partial charge in [-0.3, -0.25) is 14.4 Å². The number of hydrogen-bond acceptors (Lipinski definition) is 7. The van der Waals surface area contributed by atoms with E-state index in [1.54, 1.807) is 13.1 Å². The number of carbonyl (C=O) groups excluding carboxylic acids is 3. The maximum atomic E-state index is 13.4. The molecule has 37 heavy (non-hydrogen) atoms. The van der Waals surface area contributed by atoms with Crippen molar-refractivity contribution in [1.82, 2.24) is 35.9 Å². The summed E-state index contributed by atoms with van der Waals surface area (Å²) in [5, 5.41) is 17.5. The first kappa shape index (κ1) is 29.5. The Morgan fingerprint density at radius 1 is 0.892 bits per heavy atom. The van der Waals surface area contributed by atoms with Crippen molar-refractivity contribution in [3.63, 3.8) is 0 Å². The Morgan fingerprint density at radius 2 is 1.46 bits per heavy atom. The lowest BCUT2D eigenvalue weighted by Crippen LogP contribution is -2.59. The minimum atomic E-state index is -1.16. The van der Waals surface area contributed by atoms with E-state index in [1.807, 2.05) is 20.8 Å². The fourth-order valence-electron chi connectivity index (χ4n) is 3.74. The molecule has 5 atom stereocenters. The van der Waals surface area contributed by atoms with Crippen LogP contribution >= 0.6 is 0 Å². The molecule has 0 aliphatic rings. The number of nitrogens with two attached hydrogens (primary N) is 1. The molecule has 8 N–H and O–H groups in total. The lowest BCUT2D eigenvalue weighted by atomic mass is 9.96. The van der Waals surface area contributed by atoms with E-state index in [9.17, 15) is 24.3 Å². The Morgan fingerprint density at radius 3 is 1.95 bits per heavy atom. The summed E-state index contributed by atoms with van der Waals surface area (Å²) in [4.78, 5) is 64.6. The highest BCUT2D eigenvalue weighted by molar-refractivity contribution is 5.94. The Bertz CT molecular complexity index is 1010. The van der Waals surface area contributed by atoms with Crippen LogP contribution in [0.25, 0.3) is 0 Å². The van der Waals surface area contributed by atoms with E-state index in [0.717, 1.165) is 0 Å². The molecule has 2 aromatic rings. The number of H-pyrrole nitrogens is 2. The molecule has 0 aromatic carbocycles. The molecule has 0 radical (unpaired) electrons. The molecule has 5 unspecified atom stereocenters. The molecule has 13 heteroatoms. The van der Waals surface area contributed by atoms with Crippen LogP contribution in [0.1, 0.15) is 51.9 Å². The first-order chi connectivity index (χ1) is 17.5. The van der Waals surface area contributed by atoms with Gasteiger partial charge in [-0.2, -0.15) is 0 Å². The van der Waals surface area contributed by atoms with Crippen LogP contribution in [-0.2, 0) is 32.0 Å². The number of nitrogens with one attached hydrogen (secondary N) is 5. The summed E-state index contributed by atoms with van der Waals surface area (Å²) in [6, 6.07) is -4.10. The van der Waals surface area contributed by atoms with Crippen LogP contribution in [0.4, 0.5) is 0 Å². The third kappa shape index (κ3) is 9.33. The number of aliphatic carboxylic acids is 1. The number of carboxylic acid groups (broad SMARTS) is 1. The van der Waals surface area contributed by atoms with E-state index in [-0.39, 0.29) is 31.1 Å². The van der Waals surface area contributed by atoms with E-state index in [2.05, 4.69) is 35.9 Å². The molecule has 0 bridgehead atoms. The molecule has 2 aromatic heterocycles. The fraction of sp³-hybridized carbons (Fsp3) is 0.583. The number of nitrogens with zero attached hydrogens (tertiary/aromatic N) is 2. The average molecular weight is 519 g/mol. The molecule has 204 valence electrons. The van der Waals surface area contributed by atoms with E-state index in [0.29, 0.717) is 17.8 Å². The van der Waals surface area contributed by atoms with Crippen molar-refractivity contribution in [3.05, 3.63) is 36.4 Å². The van der Waals surface area contributed by atoms with Gasteiger partial charge in [0, 0.05) is 36.6 Å². The maximum absolute atomic E-state index is 13.4. The van der Waals surface area contributed by atoms with Crippen LogP contribution in [0.5, 0.6) is 0 Å². The average Bonchev–Trinajstić information content (AvgIpc) is 3.54. The maximum Gasteiger partial charge on any atom is 0.326 e. The second-order valence-corrected chi connectivity index (χ2v) is 9.63. The van der Waals surface area contributed by atoms with E-state index >= 15 is 0 Å². The van der Waals surface area contributed by atoms with Crippen molar-refractivity contribution in [3.8, 4) is 0 Å². The van der Waals surface area contributed by atoms with Gasteiger partial charge in [-0.1, -0.05) is 34.1 Å². The van der Waals surface area contributed by atoms with Crippen molar-refractivity contribution >= 4 is 23.7 Å². The van der Waals surface area contributed by atoms with Gasteiger partial charge in [-0.05, 0) is 18.3 Å². The van der Waals surface area contributed by atoms with Crippen molar-refractivity contribution < 1.29 is 24.3 Å². The zero-order valence-electron chi connectivity index (χ0n) is 21.7. The second kappa shape index (κ2) is 14.1. The van der Waals surface area contributed by atoms with Gasteiger partial charge in [-0.25, -0.2) is 14.8 Å². The molecule has 0 saturated heterocycles. The summed E-state index contributed by atoms with van der Waals surface area (Å²) in [6.45, 7) is 7.38. The standard InChI is InChI=1S/C24H38N8O5/c1-5-14(4)20(32-21(33)17(25)7-15-9-26-11-28-15)23(35)30-18(8-16-10-27-12-29-16)22(34)31-19(24(36)37)6-13(2)3/h9-14,17-20H,5-8,25H2,1-4H3,(H,26,28)(H,27,29)(H,30,35)(H,31,34)(H,32,33)(H,36,37). The van der Waals surface area contributed by atoms with Crippen molar-refractivity contribution in [2.24, 2.45) is 17.6 Å². The molecule has 0 aliphatic heterocycles. The van der Waals surface area contributed by atoms with Crippen LogP contribution < -0.4 is 21.7 Å². The highest BCUT2D eigenvalue weighted by atomic mass is 16.4. The van der Waals surface area contributed by atoms with Crippen molar-refractivity contribution in [2.45, 2.75) is 77.5 Å². The highest BCUT2D eigenvalue weighted by Crippen LogP contribution is 2.11. The Labute approximate surface area is 215 Å². The van der Waals surface area contributed by atoms with Crippen LogP contribution in [0.3, 0.4) is 0 Å². The molecular weight excluding hydrogens is 480 g/mol. The van der Waals surface area contributed by atoms with Gasteiger partial charge in [0.05, 0.1) is 18.7 Å². The van der Waals surface area contributed by atoms with Gasteiger partial charge >= 0.3 is 5.97 Å². The van der Waals surface area contributed by atoms with Crippen LogP contribution in [0, 0.1) is 11.8 Å². The zero-order chi connectivity index (χ0) is 27.5. The summed E-state index contributed by atoms with van der Waals surface area (Å²) in [6.07, 6.45) is 7.05. The second-order valence-electron chi connectivity index (χ2n) is 9.63. The zero-order valence-corrected chi connectivity index (χ0v) is 21.7. The van der Waals surface area contributed by atoms with Crippen LogP contribution in [0.15, 0.2) is 25.0 Å². The predicted molar refractivity (Wildman–Crippen MR) is 135 cm³/mol. The summed E-state index contributed by atoms with van der Waals surface area (Å²) >= 11 is 0. The first-order valence-electron chi connectivity index (χ1n) is 12.4. The number of rotatable bonds is 15. The van der Waals surface area contributed by atoms with Crippen molar-refractivity contribution in [2.75, 3.05) is 0 Å². The van der Waals surface area contributed by atoms with E-state index in [4.69, 9.17) is 5.73 Å². The van der Waals surface area contributed by atoms with Gasteiger partial charge < -0.3 is 36.8 Å². The molecular formula is C24H38N8O5. The number of aromatic nitrogens is 4. The summed E-state index contributed by atoms with van der Waals surface area (Å²) < 4.78 is 0. The monoisotopic (exact) mass is 518 g/mol. The minimum absolute atomic E-state index is 0.0259. The molecule has 0 saturated carbocycles.